The number of ether oxygens (including phenoxy) is 1. The maximum atomic E-state index is 5.73. The fourth-order valence-electron chi connectivity index (χ4n) is 0.970. The minimum absolute atomic E-state index is 0.454. The van der Waals surface area contributed by atoms with Gasteiger partial charge in [0.1, 0.15) is 12.2 Å². The van der Waals surface area contributed by atoms with Gasteiger partial charge in [0.05, 0.1) is 0 Å². The van der Waals surface area contributed by atoms with Gasteiger partial charge in [-0.25, -0.2) is 0 Å². The van der Waals surface area contributed by atoms with Gasteiger partial charge in [0, 0.05) is 11.3 Å². The molecule has 0 saturated heterocycles. The molecule has 0 saturated carbocycles. The first-order valence-corrected chi connectivity index (χ1v) is 4.11. The molecule has 0 fully saturated rings. The molecule has 0 atom stereocenters. The van der Waals surface area contributed by atoms with Crippen molar-refractivity contribution < 1.29 is 4.74 Å². The Morgan fingerprint density at radius 1 is 1.58 bits per heavy atom. The van der Waals surface area contributed by atoms with E-state index in [1.807, 2.05) is 25.1 Å². The SMILES string of the molecule is Cc1ccc(COC=S)c(N)c1. The highest BCUT2D eigenvalue weighted by atomic mass is 32.1. The Balaban J connectivity index is 2.78. The van der Waals surface area contributed by atoms with Crippen molar-refractivity contribution in [3.05, 3.63) is 29.3 Å². The molecule has 0 heterocycles. The summed E-state index contributed by atoms with van der Waals surface area (Å²) in [6.45, 7) is 2.45. The van der Waals surface area contributed by atoms with E-state index >= 15 is 0 Å². The minimum Gasteiger partial charge on any atom is -0.485 e. The molecule has 0 radical (unpaired) electrons. The molecular formula is C9H11NOS. The number of hydrogen-bond donors (Lipinski definition) is 1. The van der Waals surface area contributed by atoms with E-state index in [1.165, 1.54) is 5.55 Å². The summed E-state index contributed by atoms with van der Waals surface area (Å²) in [7, 11) is 0. The number of benzene rings is 1. The van der Waals surface area contributed by atoms with Crippen molar-refractivity contribution in [1.82, 2.24) is 0 Å². The van der Waals surface area contributed by atoms with Crippen LogP contribution >= 0.6 is 12.2 Å². The Morgan fingerprint density at radius 3 is 2.92 bits per heavy atom. The molecule has 0 spiro atoms. The zero-order valence-electron chi connectivity index (χ0n) is 6.91. The van der Waals surface area contributed by atoms with Crippen molar-refractivity contribution in [1.29, 1.82) is 0 Å². The van der Waals surface area contributed by atoms with Gasteiger partial charge < -0.3 is 10.5 Å². The largest absolute Gasteiger partial charge is 0.485 e. The zero-order valence-corrected chi connectivity index (χ0v) is 7.73. The third-order valence-electron chi connectivity index (χ3n) is 1.61. The summed E-state index contributed by atoms with van der Waals surface area (Å²) in [5.74, 6) is 0. The maximum absolute atomic E-state index is 5.73. The van der Waals surface area contributed by atoms with Crippen LogP contribution in [-0.4, -0.2) is 5.55 Å². The highest BCUT2D eigenvalue weighted by Gasteiger charge is 1.97. The summed E-state index contributed by atoms with van der Waals surface area (Å²) >= 11 is 4.53. The normalized spacial score (nSPS) is 9.42. The molecule has 0 bridgehead atoms. The van der Waals surface area contributed by atoms with Crippen molar-refractivity contribution in [2.45, 2.75) is 13.5 Å². The van der Waals surface area contributed by atoms with Gasteiger partial charge in [0.2, 0.25) is 0 Å². The number of rotatable bonds is 3. The fraction of sp³-hybridized carbons (Fsp3) is 0.222. The molecular weight excluding hydrogens is 170 g/mol. The van der Waals surface area contributed by atoms with E-state index in [0.717, 1.165) is 16.8 Å². The highest BCUT2D eigenvalue weighted by Crippen LogP contribution is 2.14. The lowest BCUT2D eigenvalue weighted by Crippen LogP contribution is -1.96. The predicted molar refractivity (Wildman–Crippen MR) is 54.0 cm³/mol. The average molecular weight is 181 g/mol. The van der Waals surface area contributed by atoms with Gasteiger partial charge in [-0.05, 0) is 30.8 Å². The van der Waals surface area contributed by atoms with Crippen molar-refractivity contribution in [2.75, 3.05) is 5.73 Å². The van der Waals surface area contributed by atoms with Gasteiger partial charge in [0.15, 0.2) is 0 Å². The molecule has 12 heavy (non-hydrogen) atoms. The molecule has 64 valence electrons. The van der Waals surface area contributed by atoms with Crippen LogP contribution in [0, 0.1) is 6.92 Å². The summed E-state index contributed by atoms with van der Waals surface area (Å²) in [4.78, 5) is 0. The van der Waals surface area contributed by atoms with E-state index < -0.39 is 0 Å². The van der Waals surface area contributed by atoms with Gasteiger partial charge in [-0.1, -0.05) is 12.1 Å². The molecule has 0 aliphatic rings. The molecule has 1 aromatic carbocycles. The smallest absolute Gasteiger partial charge is 0.146 e. The summed E-state index contributed by atoms with van der Waals surface area (Å²) in [6, 6.07) is 5.87. The number of aryl methyl sites for hydroxylation is 1. The Labute approximate surface area is 77.3 Å². The third kappa shape index (κ3) is 2.20. The monoisotopic (exact) mass is 181 g/mol. The molecule has 0 aliphatic heterocycles. The van der Waals surface area contributed by atoms with Crippen molar-refractivity contribution in [3.8, 4) is 0 Å². The average Bonchev–Trinajstić information content (AvgIpc) is 2.03. The first kappa shape index (κ1) is 9.00. The second-order valence-electron chi connectivity index (χ2n) is 2.61. The highest BCUT2D eigenvalue weighted by molar-refractivity contribution is 7.78. The van der Waals surface area contributed by atoms with Crippen molar-refractivity contribution >= 4 is 23.5 Å². The standard InChI is InChI=1S/C9H11NOS/c1-7-2-3-8(5-11-6-12)9(10)4-7/h2-4,6H,5,10H2,1H3. The second-order valence-corrected chi connectivity index (χ2v) is 2.80. The molecule has 1 aromatic rings. The predicted octanol–water partition coefficient (Wildman–Crippen LogP) is 2.05. The molecule has 1 rings (SSSR count). The Morgan fingerprint density at radius 2 is 2.33 bits per heavy atom. The summed E-state index contributed by atoms with van der Waals surface area (Å²) < 4.78 is 4.95. The molecule has 0 aliphatic carbocycles. The van der Waals surface area contributed by atoms with Crippen LogP contribution in [0.15, 0.2) is 18.2 Å². The number of anilines is 1. The lowest BCUT2D eigenvalue weighted by atomic mass is 10.1. The van der Waals surface area contributed by atoms with E-state index in [0.29, 0.717) is 6.61 Å². The van der Waals surface area contributed by atoms with Gasteiger partial charge in [-0.2, -0.15) is 0 Å². The fourth-order valence-corrected chi connectivity index (χ4v) is 1.04. The number of thiocarbonyl (C=S) groups is 1. The van der Waals surface area contributed by atoms with Crippen LogP contribution in [0.4, 0.5) is 5.69 Å². The maximum Gasteiger partial charge on any atom is 0.146 e. The second kappa shape index (κ2) is 4.07. The molecule has 2 nitrogen and oxygen atoms in total. The summed E-state index contributed by atoms with van der Waals surface area (Å²) in [5, 5.41) is 0. The Kier molecular flexibility index (Phi) is 3.05. The van der Waals surface area contributed by atoms with Crippen molar-refractivity contribution in [2.24, 2.45) is 0 Å². The number of nitrogen functional groups attached to an aromatic ring is 1. The van der Waals surface area contributed by atoms with Crippen LogP contribution in [-0.2, 0) is 11.3 Å². The van der Waals surface area contributed by atoms with E-state index in [4.69, 9.17) is 10.5 Å². The number of hydrogen-bond acceptors (Lipinski definition) is 3. The molecule has 0 amide bonds. The minimum atomic E-state index is 0.454. The van der Waals surface area contributed by atoms with E-state index in [9.17, 15) is 0 Å². The Bertz CT molecular complexity index is 286. The summed E-state index contributed by atoms with van der Waals surface area (Å²) in [6.07, 6.45) is 0. The number of nitrogens with two attached hydrogens (primary N) is 1. The first-order valence-electron chi connectivity index (χ1n) is 3.64. The zero-order chi connectivity index (χ0) is 8.97. The molecule has 3 heteroatoms. The quantitative estimate of drug-likeness (QED) is 0.572. The van der Waals surface area contributed by atoms with Gasteiger partial charge in [0.25, 0.3) is 0 Å². The van der Waals surface area contributed by atoms with Gasteiger partial charge in [-0.3, -0.25) is 0 Å². The van der Waals surface area contributed by atoms with E-state index in [1.54, 1.807) is 0 Å². The third-order valence-corrected chi connectivity index (χ3v) is 1.74. The topological polar surface area (TPSA) is 35.2 Å². The molecule has 0 aromatic heterocycles. The molecule has 2 N–H and O–H groups in total. The van der Waals surface area contributed by atoms with Crippen LogP contribution in [0.5, 0.6) is 0 Å². The van der Waals surface area contributed by atoms with E-state index in [-0.39, 0.29) is 0 Å². The van der Waals surface area contributed by atoms with Crippen LogP contribution in [0.2, 0.25) is 0 Å². The van der Waals surface area contributed by atoms with Crippen LogP contribution in [0.3, 0.4) is 0 Å². The van der Waals surface area contributed by atoms with Gasteiger partial charge >= 0.3 is 0 Å². The summed E-state index contributed by atoms with van der Waals surface area (Å²) in [5.41, 5.74) is 9.87. The first-order chi connectivity index (χ1) is 5.74. The van der Waals surface area contributed by atoms with Gasteiger partial charge in [-0.15, -0.1) is 0 Å². The van der Waals surface area contributed by atoms with Crippen LogP contribution in [0.1, 0.15) is 11.1 Å². The van der Waals surface area contributed by atoms with E-state index in [2.05, 4.69) is 12.2 Å². The van der Waals surface area contributed by atoms with Crippen LogP contribution in [0.25, 0.3) is 0 Å². The lowest BCUT2D eigenvalue weighted by Gasteiger charge is -2.04. The van der Waals surface area contributed by atoms with Crippen molar-refractivity contribution in [3.63, 3.8) is 0 Å². The lowest BCUT2D eigenvalue weighted by molar-refractivity contribution is 0.316. The Hall–Kier alpha value is -1.09. The molecule has 0 unspecified atom stereocenters. The van der Waals surface area contributed by atoms with Crippen LogP contribution < -0.4 is 5.73 Å².